The van der Waals surface area contributed by atoms with E-state index in [2.05, 4.69) is 15.5 Å². The van der Waals surface area contributed by atoms with Crippen LogP contribution in [0.5, 0.6) is 0 Å². The first-order chi connectivity index (χ1) is 8.75. The largest absolute Gasteiger partial charge is 0.273 e. The smallest absolute Gasteiger partial charge is 0.245 e. The molecule has 0 atom stereocenters. The Morgan fingerprint density at radius 3 is 3.00 bits per heavy atom. The number of thiophene rings is 1. The number of aromatic nitrogens is 1. The molecule has 2 aromatic rings. The van der Waals surface area contributed by atoms with E-state index in [4.69, 9.17) is 0 Å². The van der Waals surface area contributed by atoms with Gasteiger partial charge in [-0.2, -0.15) is 5.10 Å². The highest BCUT2D eigenvalue weighted by Crippen LogP contribution is 2.08. The van der Waals surface area contributed by atoms with Crippen molar-refractivity contribution in [3.8, 4) is 0 Å². The zero-order valence-electron chi connectivity index (χ0n) is 9.96. The third-order valence-corrected chi connectivity index (χ3v) is 3.22. The van der Waals surface area contributed by atoms with E-state index in [-0.39, 0.29) is 5.91 Å². The Morgan fingerprint density at radius 2 is 2.33 bits per heavy atom. The molecule has 0 aromatic carbocycles. The summed E-state index contributed by atoms with van der Waals surface area (Å²) in [6.45, 7) is 1.84. The Balaban J connectivity index is 1.92. The number of rotatable bonds is 4. The number of nitrogens with one attached hydrogen (secondary N) is 1. The number of hydrogen-bond donors (Lipinski definition) is 1. The summed E-state index contributed by atoms with van der Waals surface area (Å²) >= 11 is 1.56. The van der Waals surface area contributed by atoms with Crippen molar-refractivity contribution >= 4 is 23.0 Å². The minimum absolute atomic E-state index is 0.110. The van der Waals surface area contributed by atoms with E-state index >= 15 is 0 Å². The summed E-state index contributed by atoms with van der Waals surface area (Å²) in [7, 11) is 0. The molecule has 0 radical (unpaired) electrons. The van der Waals surface area contributed by atoms with Crippen LogP contribution in [0.25, 0.3) is 0 Å². The highest BCUT2D eigenvalue weighted by molar-refractivity contribution is 7.10. The Morgan fingerprint density at radius 1 is 1.44 bits per heavy atom. The number of pyridine rings is 1. The van der Waals surface area contributed by atoms with Gasteiger partial charge >= 0.3 is 0 Å². The average Bonchev–Trinajstić information content (AvgIpc) is 2.90. The predicted octanol–water partition coefficient (Wildman–Crippen LogP) is 2.23. The summed E-state index contributed by atoms with van der Waals surface area (Å²) in [5.74, 6) is -0.110. The van der Waals surface area contributed by atoms with Gasteiger partial charge in [-0.05, 0) is 24.4 Å². The van der Waals surface area contributed by atoms with Crippen LogP contribution in [0.15, 0.2) is 47.1 Å². The summed E-state index contributed by atoms with van der Waals surface area (Å²) in [6.07, 6.45) is 3.78. The van der Waals surface area contributed by atoms with E-state index in [1.54, 1.807) is 23.7 Å². The minimum atomic E-state index is -0.110. The molecular formula is C13H13N3OS. The first-order valence-electron chi connectivity index (χ1n) is 5.51. The first kappa shape index (κ1) is 12.4. The second-order valence-corrected chi connectivity index (χ2v) is 4.76. The molecule has 0 unspecified atom stereocenters. The van der Waals surface area contributed by atoms with Crippen LogP contribution in [0.2, 0.25) is 0 Å². The van der Waals surface area contributed by atoms with Gasteiger partial charge in [0.25, 0.3) is 0 Å². The summed E-state index contributed by atoms with van der Waals surface area (Å²) in [6, 6.07) is 7.60. The molecule has 92 valence electrons. The van der Waals surface area contributed by atoms with Gasteiger partial charge < -0.3 is 0 Å². The van der Waals surface area contributed by atoms with E-state index in [0.29, 0.717) is 6.42 Å². The van der Waals surface area contributed by atoms with Gasteiger partial charge in [0.2, 0.25) is 5.91 Å². The highest BCUT2D eigenvalue weighted by Gasteiger charge is 2.03. The van der Waals surface area contributed by atoms with E-state index < -0.39 is 0 Å². The van der Waals surface area contributed by atoms with Crippen LogP contribution in [0.4, 0.5) is 0 Å². The molecule has 2 aromatic heterocycles. The van der Waals surface area contributed by atoms with Crippen molar-refractivity contribution in [1.29, 1.82) is 0 Å². The fourth-order valence-electron chi connectivity index (χ4n) is 1.40. The van der Waals surface area contributed by atoms with Crippen LogP contribution in [0, 0.1) is 0 Å². The van der Waals surface area contributed by atoms with Gasteiger partial charge in [-0.3, -0.25) is 9.78 Å². The third kappa shape index (κ3) is 3.49. The van der Waals surface area contributed by atoms with E-state index in [0.717, 1.165) is 16.2 Å². The quantitative estimate of drug-likeness (QED) is 0.676. The summed E-state index contributed by atoms with van der Waals surface area (Å²) < 4.78 is 0. The van der Waals surface area contributed by atoms with Crippen molar-refractivity contribution in [3.63, 3.8) is 0 Å². The van der Waals surface area contributed by atoms with Gasteiger partial charge in [-0.25, -0.2) is 5.43 Å². The molecule has 0 bridgehead atoms. The Labute approximate surface area is 109 Å². The monoisotopic (exact) mass is 259 g/mol. The van der Waals surface area contributed by atoms with Gasteiger partial charge in [0.15, 0.2) is 0 Å². The zero-order valence-corrected chi connectivity index (χ0v) is 10.8. The topological polar surface area (TPSA) is 54.4 Å². The molecule has 0 aliphatic carbocycles. The SMILES string of the molecule is C/C(=N/NC(=O)Cc1cccs1)c1cccnc1. The predicted molar refractivity (Wildman–Crippen MR) is 72.6 cm³/mol. The van der Waals surface area contributed by atoms with E-state index in [9.17, 15) is 4.79 Å². The Kier molecular flexibility index (Phi) is 4.20. The first-order valence-corrected chi connectivity index (χ1v) is 6.39. The maximum absolute atomic E-state index is 11.6. The average molecular weight is 259 g/mol. The van der Waals surface area contributed by atoms with Gasteiger partial charge in [-0.15, -0.1) is 11.3 Å². The molecule has 18 heavy (non-hydrogen) atoms. The van der Waals surface area contributed by atoms with Crippen molar-refractivity contribution in [2.24, 2.45) is 5.10 Å². The Bertz CT molecular complexity index is 535. The van der Waals surface area contributed by atoms with Crippen molar-refractivity contribution in [1.82, 2.24) is 10.4 Å². The molecule has 1 N–H and O–H groups in total. The van der Waals surface area contributed by atoms with Crippen LogP contribution >= 0.6 is 11.3 Å². The number of nitrogens with zero attached hydrogens (tertiary/aromatic N) is 2. The lowest BCUT2D eigenvalue weighted by Gasteiger charge is -2.01. The molecule has 5 heteroatoms. The van der Waals surface area contributed by atoms with Crippen molar-refractivity contribution in [2.75, 3.05) is 0 Å². The van der Waals surface area contributed by atoms with Crippen molar-refractivity contribution in [2.45, 2.75) is 13.3 Å². The molecule has 0 fully saturated rings. The number of carbonyl (C=O) groups excluding carboxylic acids is 1. The standard InChI is InChI=1S/C13H13N3OS/c1-10(11-4-2-6-14-9-11)15-16-13(17)8-12-5-3-7-18-12/h2-7,9H,8H2,1H3,(H,16,17)/b15-10-. The normalized spacial score (nSPS) is 11.3. The van der Waals surface area contributed by atoms with Crippen LogP contribution in [-0.4, -0.2) is 16.6 Å². The van der Waals surface area contributed by atoms with Crippen LogP contribution in [-0.2, 0) is 11.2 Å². The number of carbonyl (C=O) groups is 1. The molecule has 1 amide bonds. The van der Waals surface area contributed by atoms with E-state index in [1.807, 2.05) is 36.6 Å². The number of hydrazone groups is 1. The molecule has 0 spiro atoms. The van der Waals surface area contributed by atoms with Crippen LogP contribution < -0.4 is 5.43 Å². The third-order valence-electron chi connectivity index (χ3n) is 2.34. The molecular weight excluding hydrogens is 246 g/mol. The van der Waals surface area contributed by atoms with Crippen LogP contribution in [0.1, 0.15) is 17.4 Å². The fourth-order valence-corrected chi connectivity index (χ4v) is 2.10. The van der Waals surface area contributed by atoms with Gasteiger partial charge in [0.1, 0.15) is 0 Å². The summed E-state index contributed by atoms with van der Waals surface area (Å²) in [5.41, 5.74) is 4.18. The van der Waals surface area contributed by atoms with Crippen molar-refractivity contribution < 1.29 is 4.79 Å². The molecule has 0 aliphatic heterocycles. The van der Waals surface area contributed by atoms with Crippen molar-refractivity contribution in [3.05, 3.63) is 52.5 Å². The lowest BCUT2D eigenvalue weighted by Crippen LogP contribution is -2.20. The number of amides is 1. The zero-order chi connectivity index (χ0) is 12.8. The molecule has 0 saturated heterocycles. The maximum atomic E-state index is 11.6. The number of hydrogen-bond acceptors (Lipinski definition) is 4. The minimum Gasteiger partial charge on any atom is -0.273 e. The molecule has 2 rings (SSSR count). The maximum Gasteiger partial charge on any atom is 0.245 e. The fraction of sp³-hybridized carbons (Fsp3) is 0.154. The molecule has 2 heterocycles. The van der Waals surface area contributed by atoms with Crippen LogP contribution in [0.3, 0.4) is 0 Å². The molecule has 0 aliphatic rings. The summed E-state index contributed by atoms with van der Waals surface area (Å²) in [5, 5.41) is 6.01. The highest BCUT2D eigenvalue weighted by atomic mass is 32.1. The lowest BCUT2D eigenvalue weighted by molar-refractivity contribution is -0.120. The lowest BCUT2D eigenvalue weighted by atomic mass is 10.2. The molecule has 4 nitrogen and oxygen atoms in total. The van der Waals surface area contributed by atoms with Gasteiger partial charge in [0, 0.05) is 22.8 Å². The van der Waals surface area contributed by atoms with E-state index in [1.165, 1.54) is 0 Å². The molecule has 0 saturated carbocycles. The second kappa shape index (κ2) is 6.07. The van der Waals surface area contributed by atoms with Gasteiger partial charge in [-0.1, -0.05) is 12.1 Å². The van der Waals surface area contributed by atoms with Gasteiger partial charge in [0.05, 0.1) is 12.1 Å². The Hall–Kier alpha value is -2.01. The second-order valence-electron chi connectivity index (χ2n) is 3.73. The summed E-state index contributed by atoms with van der Waals surface area (Å²) in [4.78, 5) is 16.7.